The monoisotopic (exact) mass is 226 g/mol. The van der Waals surface area contributed by atoms with Crippen LogP contribution in [0.15, 0.2) is 0 Å². The van der Waals surface area contributed by atoms with Crippen LogP contribution in [-0.4, -0.2) is 37.0 Å². The second kappa shape index (κ2) is 6.24. The molecule has 2 atom stereocenters. The molecule has 0 saturated carbocycles. The number of hydrogen-bond donors (Lipinski definition) is 1. The molecule has 0 aromatic carbocycles. The first-order valence-corrected chi connectivity index (χ1v) is 6.58. The number of nitrogens with one attached hydrogen (secondary N) is 1. The minimum atomic E-state index is 0.225. The third-order valence-corrected chi connectivity index (χ3v) is 3.71. The van der Waals surface area contributed by atoms with E-state index in [1.807, 2.05) is 7.05 Å². The summed E-state index contributed by atoms with van der Waals surface area (Å²) in [5.41, 5.74) is 0. The van der Waals surface area contributed by atoms with E-state index < -0.39 is 0 Å². The van der Waals surface area contributed by atoms with E-state index in [2.05, 4.69) is 31.0 Å². The molecule has 2 unspecified atom stereocenters. The number of nitrogens with zero attached hydrogens (tertiary/aromatic N) is 1. The summed E-state index contributed by atoms with van der Waals surface area (Å²) in [5.74, 6) is 1.20. The molecule has 0 bridgehead atoms. The zero-order chi connectivity index (χ0) is 12.1. The van der Waals surface area contributed by atoms with Crippen LogP contribution in [0.4, 0.5) is 0 Å². The Balaban J connectivity index is 2.60. The van der Waals surface area contributed by atoms with Gasteiger partial charge in [-0.15, -0.1) is 0 Å². The van der Waals surface area contributed by atoms with Crippen LogP contribution >= 0.6 is 0 Å². The van der Waals surface area contributed by atoms with Gasteiger partial charge in [0.1, 0.15) is 0 Å². The molecule has 1 amide bonds. The molecule has 0 aliphatic carbocycles. The lowest BCUT2D eigenvalue weighted by Crippen LogP contribution is -2.51. The van der Waals surface area contributed by atoms with Gasteiger partial charge in [0.15, 0.2) is 0 Å². The molecule has 1 rings (SSSR count). The van der Waals surface area contributed by atoms with Crippen molar-refractivity contribution in [2.24, 2.45) is 11.8 Å². The second-order valence-corrected chi connectivity index (χ2v) is 5.08. The Bertz CT molecular complexity index is 226. The Kier molecular flexibility index (Phi) is 5.26. The molecule has 1 aliphatic heterocycles. The lowest BCUT2D eigenvalue weighted by molar-refractivity contribution is -0.138. The fraction of sp³-hybridized carbons (Fsp3) is 0.923. The zero-order valence-corrected chi connectivity index (χ0v) is 11.1. The van der Waals surface area contributed by atoms with E-state index in [9.17, 15) is 4.79 Å². The van der Waals surface area contributed by atoms with Gasteiger partial charge in [-0.25, -0.2) is 0 Å². The average molecular weight is 226 g/mol. The van der Waals surface area contributed by atoms with Gasteiger partial charge in [-0.1, -0.05) is 20.8 Å². The summed E-state index contributed by atoms with van der Waals surface area (Å²) in [7, 11) is 1.99. The van der Waals surface area contributed by atoms with Gasteiger partial charge in [0, 0.05) is 25.0 Å². The molecule has 1 aliphatic rings. The van der Waals surface area contributed by atoms with Gasteiger partial charge in [-0.05, 0) is 32.2 Å². The molecule has 0 radical (unpaired) electrons. The van der Waals surface area contributed by atoms with Crippen LogP contribution in [0.1, 0.15) is 40.0 Å². The quantitative estimate of drug-likeness (QED) is 0.794. The Labute approximate surface area is 99.6 Å². The van der Waals surface area contributed by atoms with Gasteiger partial charge in [-0.2, -0.15) is 0 Å². The van der Waals surface area contributed by atoms with Crippen molar-refractivity contribution in [2.45, 2.75) is 46.1 Å². The van der Waals surface area contributed by atoms with Gasteiger partial charge in [-0.3, -0.25) is 4.79 Å². The van der Waals surface area contributed by atoms with Gasteiger partial charge in [0.25, 0.3) is 0 Å². The van der Waals surface area contributed by atoms with E-state index in [0.717, 1.165) is 25.9 Å². The van der Waals surface area contributed by atoms with Crippen LogP contribution < -0.4 is 5.32 Å². The third-order valence-electron chi connectivity index (χ3n) is 3.71. The van der Waals surface area contributed by atoms with Crippen molar-refractivity contribution in [3.05, 3.63) is 0 Å². The first-order chi connectivity index (χ1) is 7.62. The first-order valence-electron chi connectivity index (χ1n) is 6.58. The Morgan fingerprint density at radius 2 is 2.00 bits per heavy atom. The Morgan fingerprint density at radius 3 is 2.50 bits per heavy atom. The Morgan fingerprint density at radius 1 is 1.38 bits per heavy atom. The van der Waals surface area contributed by atoms with Crippen molar-refractivity contribution in [2.75, 3.05) is 20.1 Å². The number of likely N-dealkylation sites (tertiary alicyclic amines) is 1. The molecular formula is C13H26N2O. The van der Waals surface area contributed by atoms with Crippen molar-refractivity contribution in [3.8, 4) is 0 Å². The maximum Gasteiger partial charge on any atom is 0.225 e. The third kappa shape index (κ3) is 3.21. The molecule has 1 saturated heterocycles. The maximum atomic E-state index is 12.3. The predicted octanol–water partition coefficient (Wildman–Crippen LogP) is 1.88. The first kappa shape index (κ1) is 13.5. The van der Waals surface area contributed by atoms with E-state index in [1.54, 1.807) is 0 Å². The van der Waals surface area contributed by atoms with Gasteiger partial charge in [0.05, 0.1) is 0 Å². The van der Waals surface area contributed by atoms with Gasteiger partial charge < -0.3 is 10.2 Å². The van der Waals surface area contributed by atoms with Crippen molar-refractivity contribution >= 4 is 5.91 Å². The highest BCUT2D eigenvalue weighted by atomic mass is 16.2. The summed E-state index contributed by atoms with van der Waals surface area (Å²) in [6.45, 7) is 8.27. The van der Waals surface area contributed by atoms with E-state index in [1.165, 1.54) is 6.42 Å². The van der Waals surface area contributed by atoms with Crippen LogP contribution in [0.25, 0.3) is 0 Å². The lowest BCUT2D eigenvalue weighted by Gasteiger charge is -2.38. The number of piperidine rings is 1. The number of amides is 1. The summed E-state index contributed by atoms with van der Waals surface area (Å²) in [5, 5.41) is 3.30. The summed E-state index contributed by atoms with van der Waals surface area (Å²) in [6.07, 6.45) is 3.11. The maximum absolute atomic E-state index is 12.3. The molecule has 1 heterocycles. The van der Waals surface area contributed by atoms with E-state index in [0.29, 0.717) is 17.9 Å². The fourth-order valence-corrected chi connectivity index (χ4v) is 2.64. The van der Waals surface area contributed by atoms with Crippen LogP contribution in [0.3, 0.4) is 0 Å². The minimum Gasteiger partial charge on any atom is -0.341 e. The van der Waals surface area contributed by atoms with Crippen molar-refractivity contribution in [1.82, 2.24) is 10.2 Å². The van der Waals surface area contributed by atoms with Crippen LogP contribution in [-0.2, 0) is 4.79 Å². The van der Waals surface area contributed by atoms with Gasteiger partial charge in [0.2, 0.25) is 5.91 Å². The van der Waals surface area contributed by atoms with E-state index in [4.69, 9.17) is 0 Å². The molecule has 3 nitrogen and oxygen atoms in total. The highest BCUT2D eigenvalue weighted by Crippen LogP contribution is 2.20. The number of hydrogen-bond acceptors (Lipinski definition) is 2. The fourth-order valence-electron chi connectivity index (χ4n) is 2.64. The number of likely N-dealkylation sites (N-methyl/N-ethyl adjacent to an activating group) is 1. The van der Waals surface area contributed by atoms with Crippen molar-refractivity contribution in [3.63, 3.8) is 0 Å². The van der Waals surface area contributed by atoms with Gasteiger partial charge >= 0.3 is 0 Å². The van der Waals surface area contributed by atoms with Crippen LogP contribution in [0.2, 0.25) is 0 Å². The van der Waals surface area contributed by atoms with Crippen molar-refractivity contribution in [1.29, 1.82) is 0 Å². The highest BCUT2D eigenvalue weighted by molar-refractivity contribution is 5.78. The highest BCUT2D eigenvalue weighted by Gasteiger charge is 2.29. The summed E-state index contributed by atoms with van der Waals surface area (Å²) in [6, 6.07) is 0.474. The Hall–Kier alpha value is -0.570. The molecule has 0 aromatic rings. The molecule has 0 aromatic heterocycles. The number of carbonyl (C=O) groups is 1. The van der Waals surface area contributed by atoms with Crippen LogP contribution in [0.5, 0.6) is 0 Å². The van der Waals surface area contributed by atoms with Crippen molar-refractivity contribution < 1.29 is 4.79 Å². The molecule has 1 N–H and O–H groups in total. The topological polar surface area (TPSA) is 32.3 Å². The zero-order valence-electron chi connectivity index (χ0n) is 11.1. The number of carbonyl (C=O) groups excluding carboxylic acids is 1. The SMILES string of the molecule is CCC(CC)C(=O)N1CC(C)CC(NC)C1. The van der Waals surface area contributed by atoms with E-state index >= 15 is 0 Å². The summed E-state index contributed by atoms with van der Waals surface area (Å²) in [4.78, 5) is 14.3. The second-order valence-electron chi connectivity index (χ2n) is 5.08. The molecule has 0 spiro atoms. The summed E-state index contributed by atoms with van der Waals surface area (Å²) < 4.78 is 0. The summed E-state index contributed by atoms with van der Waals surface area (Å²) >= 11 is 0. The minimum absolute atomic E-state index is 0.225. The predicted molar refractivity (Wildman–Crippen MR) is 67.3 cm³/mol. The van der Waals surface area contributed by atoms with Crippen LogP contribution in [0, 0.1) is 11.8 Å². The lowest BCUT2D eigenvalue weighted by atomic mass is 9.93. The average Bonchev–Trinajstić information content (AvgIpc) is 2.29. The normalized spacial score (nSPS) is 26.2. The molecule has 1 fully saturated rings. The number of rotatable bonds is 4. The largest absolute Gasteiger partial charge is 0.341 e. The molecule has 3 heteroatoms. The molecular weight excluding hydrogens is 200 g/mol. The van der Waals surface area contributed by atoms with E-state index in [-0.39, 0.29) is 5.92 Å². The smallest absolute Gasteiger partial charge is 0.225 e. The molecule has 94 valence electrons. The molecule has 16 heavy (non-hydrogen) atoms. The standard InChI is InChI=1S/C13H26N2O/c1-5-11(6-2)13(16)15-8-10(3)7-12(9-15)14-4/h10-12,14H,5-9H2,1-4H3.